The smallest absolute Gasteiger partial charge is 0.312 e. The van der Waals surface area contributed by atoms with Gasteiger partial charge in [0.1, 0.15) is 5.82 Å². The second-order valence-electron chi connectivity index (χ2n) is 14.7. The summed E-state index contributed by atoms with van der Waals surface area (Å²) in [7, 11) is -11.9. The lowest BCUT2D eigenvalue weighted by Crippen LogP contribution is -2.28. The van der Waals surface area contributed by atoms with E-state index in [-0.39, 0.29) is 16.9 Å². The fourth-order valence-corrected chi connectivity index (χ4v) is 10.4. The van der Waals surface area contributed by atoms with E-state index in [1.807, 2.05) is 13.8 Å². The Morgan fingerprint density at radius 1 is 0.567 bits per heavy atom. The highest BCUT2D eigenvalue weighted by molar-refractivity contribution is 9.10. The number of benzene rings is 3. The number of rotatable bonds is 16. The van der Waals surface area contributed by atoms with Crippen molar-refractivity contribution < 1.29 is 42.8 Å². The zero-order valence-electron chi connectivity index (χ0n) is 36.4. The Morgan fingerprint density at radius 3 is 1.48 bits per heavy atom. The summed E-state index contributed by atoms with van der Waals surface area (Å²) in [6.45, 7) is 6.86. The van der Waals surface area contributed by atoms with Crippen LogP contribution < -0.4 is 16.7 Å². The van der Waals surface area contributed by atoms with Crippen LogP contribution in [-0.4, -0.2) is 53.9 Å². The number of unbranched alkanes of at least 4 members (excludes halogenated alkanes) is 2. The van der Waals surface area contributed by atoms with Crippen LogP contribution in [0.3, 0.4) is 0 Å². The third-order valence-corrected chi connectivity index (χ3v) is 14.8. The van der Waals surface area contributed by atoms with Gasteiger partial charge in [0.25, 0.3) is 16.7 Å². The molecule has 0 N–H and O–H groups in total. The number of sulfone groups is 3. The molecule has 0 aliphatic rings. The van der Waals surface area contributed by atoms with Crippen LogP contribution in [-0.2, 0) is 72.6 Å². The average molecular weight is 1060 g/mol. The van der Waals surface area contributed by atoms with Crippen LogP contribution in [0, 0.1) is 5.82 Å². The van der Waals surface area contributed by atoms with Gasteiger partial charge in [-0.1, -0.05) is 91.1 Å². The van der Waals surface area contributed by atoms with Crippen LogP contribution >= 0.6 is 15.9 Å². The highest BCUT2D eigenvalue weighted by atomic mass is 79.9. The molecule has 0 amide bonds. The van der Waals surface area contributed by atoms with Gasteiger partial charge < -0.3 is 13.7 Å². The van der Waals surface area contributed by atoms with Crippen LogP contribution in [0.2, 0.25) is 0 Å². The van der Waals surface area contributed by atoms with Crippen molar-refractivity contribution in [2.75, 3.05) is 0 Å². The van der Waals surface area contributed by atoms with Crippen LogP contribution in [0.25, 0.3) is 0 Å². The third-order valence-electron chi connectivity index (χ3n) is 9.56. The lowest BCUT2D eigenvalue weighted by molar-refractivity contribution is -0.137. The molecule has 0 bridgehead atoms. The fourth-order valence-electron chi connectivity index (χ4n) is 6.06. The topological polar surface area (TPSA) is 207 Å². The first-order valence-electron chi connectivity index (χ1n) is 20.5. The van der Waals surface area contributed by atoms with Gasteiger partial charge in [-0.25, -0.2) is 44.6 Å². The molecule has 0 unspecified atom stereocenters. The maximum Gasteiger partial charge on any atom is 0.416 e. The molecule has 0 aliphatic heterocycles. The van der Waals surface area contributed by atoms with Crippen molar-refractivity contribution in [3.8, 4) is 0 Å². The molecule has 360 valence electrons. The monoisotopic (exact) mass is 1050 g/mol. The Kier molecular flexibility index (Phi) is 19.2. The molecular weight excluding hydrogens is 1010 g/mol. The minimum atomic E-state index is -4.57. The van der Waals surface area contributed by atoms with Crippen LogP contribution in [0.4, 0.5) is 17.6 Å². The average Bonchev–Trinajstić information content (AvgIpc) is 3.27. The predicted octanol–water partition coefficient (Wildman–Crippen LogP) is 7.19. The van der Waals surface area contributed by atoms with Gasteiger partial charge in [0.05, 0.1) is 22.8 Å². The largest absolute Gasteiger partial charge is 0.416 e. The molecule has 23 heteroatoms. The first-order chi connectivity index (χ1) is 31.5. The molecule has 3 heterocycles. The van der Waals surface area contributed by atoms with Crippen LogP contribution in [0.5, 0.6) is 0 Å². The zero-order valence-corrected chi connectivity index (χ0v) is 40.5. The minimum Gasteiger partial charge on any atom is -0.312 e. The number of alkyl halides is 3. The van der Waals surface area contributed by atoms with E-state index in [9.17, 15) is 57.2 Å². The molecule has 0 fully saturated rings. The molecule has 3 aromatic carbocycles. The normalized spacial score (nSPS) is 11.8. The van der Waals surface area contributed by atoms with E-state index >= 15 is 0 Å². The number of aryl methyl sites for hydroxylation is 3. The van der Waals surface area contributed by atoms with Crippen molar-refractivity contribution in [2.24, 2.45) is 0 Å². The Labute approximate surface area is 393 Å². The van der Waals surface area contributed by atoms with E-state index in [4.69, 9.17) is 0 Å². The fraction of sp³-hybridized carbons (Fsp3) is 0.318. The molecule has 0 atom stereocenters. The second kappa shape index (κ2) is 23.9. The van der Waals surface area contributed by atoms with E-state index in [0.29, 0.717) is 31.6 Å². The number of hydrogen-bond donors (Lipinski definition) is 0. The van der Waals surface area contributed by atoms with Gasteiger partial charge in [-0.05, 0) is 55.2 Å². The highest BCUT2D eigenvalue weighted by Crippen LogP contribution is 2.30. The maximum atomic E-state index is 13.6. The summed E-state index contributed by atoms with van der Waals surface area (Å²) in [6.07, 6.45) is 6.72. The Bertz CT molecular complexity index is 3170. The van der Waals surface area contributed by atoms with Crippen molar-refractivity contribution in [1.29, 1.82) is 0 Å². The Balaban J connectivity index is 0.000000221. The van der Waals surface area contributed by atoms with Gasteiger partial charge >= 0.3 is 6.18 Å². The summed E-state index contributed by atoms with van der Waals surface area (Å²) < 4.78 is 131. The van der Waals surface area contributed by atoms with Gasteiger partial charge in [-0.3, -0.25) is 14.4 Å². The summed E-state index contributed by atoms with van der Waals surface area (Å²) in [5.41, 5.74) is -2.36. The van der Waals surface area contributed by atoms with E-state index < -0.39 is 90.3 Å². The lowest BCUT2D eigenvalue weighted by Gasteiger charge is -2.10. The molecule has 0 saturated heterocycles. The number of nitrogens with zero attached hydrogens (tertiary/aromatic N) is 6. The number of hydrogen-bond acceptors (Lipinski definition) is 12. The first kappa shape index (κ1) is 54.0. The first-order valence-corrected chi connectivity index (χ1v) is 26.3. The molecule has 3 aromatic heterocycles. The molecule has 15 nitrogen and oxygen atoms in total. The molecule has 6 aromatic rings. The van der Waals surface area contributed by atoms with E-state index in [0.717, 1.165) is 41.9 Å². The van der Waals surface area contributed by atoms with Gasteiger partial charge in [-0.15, -0.1) is 0 Å². The van der Waals surface area contributed by atoms with E-state index in [1.165, 1.54) is 75.1 Å². The molecule has 67 heavy (non-hydrogen) atoms. The summed E-state index contributed by atoms with van der Waals surface area (Å²) in [5.74, 6) is -2.17. The standard InChI is InChI=1S/C16H17F3N2O3S.C15H17FN2O3S.C13H13BrN2O3S/c1-2-3-8-21-9-7-20-14(15(21)22)25(23,24)11-12-5-4-6-13(10-12)16(17,18)19;1-2-3-9-18-10-8-17-14(15(18)19)22(20,21)11-12-6-4-5-7-13(12)16;1-2-16-8-7-15-12(13(16)17)20(18,19)9-10-3-5-11(14)6-4-10/h4-7,9-10H,2-3,8,11H2,1H3;4-8,10H,2-3,9,11H2,1H3;3-8H,2,9H2,1H3. The van der Waals surface area contributed by atoms with Gasteiger partial charge in [0.2, 0.25) is 44.6 Å². The van der Waals surface area contributed by atoms with Crippen LogP contribution in [0.15, 0.2) is 144 Å². The van der Waals surface area contributed by atoms with Crippen molar-refractivity contribution in [1.82, 2.24) is 28.7 Å². The molecular formula is C44H47BrF4N6O9S3. The van der Waals surface area contributed by atoms with Crippen molar-refractivity contribution in [3.63, 3.8) is 0 Å². The minimum absolute atomic E-state index is 0.0210. The Hall–Kier alpha value is -5.65. The maximum absolute atomic E-state index is 13.6. The van der Waals surface area contributed by atoms with Crippen molar-refractivity contribution >= 4 is 45.4 Å². The summed E-state index contributed by atoms with van der Waals surface area (Å²) in [6, 6.07) is 16.5. The number of aromatic nitrogens is 6. The van der Waals surface area contributed by atoms with Crippen LogP contribution in [0.1, 0.15) is 68.7 Å². The van der Waals surface area contributed by atoms with E-state index in [1.54, 1.807) is 37.3 Å². The Morgan fingerprint density at radius 2 is 1.01 bits per heavy atom. The summed E-state index contributed by atoms with van der Waals surface area (Å²) in [5, 5.41) is -1.58. The predicted molar refractivity (Wildman–Crippen MR) is 246 cm³/mol. The van der Waals surface area contributed by atoms with Crippen molar-refractivity contribution in [2.45, 2.75) is 105 Å². The molecule has 0 aliphatic carbocycles. The lowest BCUT2D eigenvalue weighted by atomic mass is 10.1. The van der Waals surface area contributed by atoms with Crippen molar-refractivity contribution in [3.05, 3.63) is 174 Å². The summed E-state index contributed by atoms with van der Waals surface area (Å²) in [4.78, 5) is 47.6. The van der Waals surface area contributed by atoms with Gasteiger partial charge in [0.15, 0.2) is 0 Å². The molecule has 0 saturated carbocycles. The quantitative estimate of drug-likeness (QED) is 0.0883. The molecule has 0 spiro atoms. The van der Waals surface area contributed by atoms with Gasteiger partial charge in [-0.2, -0.15) is 13.2 Å². The zero-order chi connectivity index (χ0) is 49.6. The summed E-state index contributed by atoms with van der Waals surface area (Å²) >= 11 is 3.29. The second-order valence-corrected chi connectivity index (χ2v) is 21.3. The van der Waals surface area contributed by atoms with E-state index in [2.05, 4.69) is 30.9 Å². The third kappa shape index (κ3) is 15.2. The van der Waals surface area contributed by atoms with Gasteiger partial charge in [0, 0.05) is 66.9 Å². The molecule has 6 rings (SSSR count). The highest BCUT2D eigenvalue weighted by Gasteiger charge is 2.31. The number of halogens is 5. The SMILES string of the molecule is CCCCn1ccnc(S(=O)(=O)Cc2cccc(C(F)(F)F)c2)c1=O.CCCCn1ccnc(S(=O)(=O)Cc2ccccc2F)c1=O.CCn1ccnc(S(=O)(=O)Cc2ccc(Br)cc2)c1=O. The molecule has 0 radical (unpaired) electrons.